The number of hydrogen-bond donors (Lipinski definition) is 0. The lowest BCUT2D eigenvalue weighted by Crippen LogP contribution is -2.09. The van der Waals surface area contributed by atoms with Crippen molar-refractivity contribution < 1.29 is 4.52 Å². The van der Waals surface area contributed by atoms with Crippen LogP contribution in [0.4, 0.5) is 0 Å². The number of aromatic nitrogens is 3. The molecule has 4 heteroatoms. The zero-order chi connectivity index (χ0) is 11.8. The molecule has 0 saturated carbocycles. The highest BCUT2D eigenvalue weighted by atomic mass is 16.5. The molecular formula is C13H17N3O. The van der Waals surface area contributed by atoms with Crippen molar-refractivity contribution in [1.29, 1.82) is 0 Å². The largest absolute Gasteiger partial charge is 0.361 e. The number of aryl methyl sites for hydroxylation is 3. The molecule has 0 atom stereocenters. The van der Waals surface area contributed by atoms with E-state index in [0.717, 1.165) is 30.8 Å². The average Bonchev–Trinajstić information content (AvgIpc) is 2.88. The van der Waals surface area contributed by atoms with Gasteiger partial charge in [0, 0.05) is 11.3 Å². The van der Waals surface area contributed by atoms with Gasteiger partial charge in [-0.25, -0.2) is 4.98 Å². The molecule has 0 bridgehead atoms. The summed E-state index contributed by atoms with van der Waals surface area (Å²) in [6.45, 7) is 4.80. The summed E-state index contributed by atoms with van der Waals surface area (Å²) in [5.41, 5.74) is 4.86. The molecule has 0 aromatic carbocycles. The van der Waals surface area contributed by atoms with E-state index in [-0.39, 0.29) is 0 Å². The van der Waals surface area contributed by atoms with Gasteiger partial charge in [-0.15, -0.1) is 0 Å². The van der Waals surface area contributed by atoms with Gasteiger partial charge in [0.05, 0.1) is 24.3 Å². The first-order chi connectivity index (χ1) is 8.25. The Bertz CT molecular complexity index is 519. The fourth-order valence-corrected chi connectivity index (χ4v) is 2.57. The quantitative estimate of drug-likeness (QED) is 0.797. The first-order valence-corrected chi connectivity index (χ1v) is 6.20. The summed E-state index contributed by atoms with van der Waals surface area (Å²) in [6, 6.07) is 0. The summed E-state index contributed by atoms with van der Waals surface area (Å²) >= 11 is 0. The fraction of sp³-hybridized carbons (Fsp3) is 0.538. The van der Waals surface area contributed by atoms with Crippen LogP contribution in [-0.4, -0.2) is 14.7 Å². The molecule has 0 unspecified atom stereocenters. The van der Waals surface area contributed by atoms with Crippen molar-refractivity contribution in [3.63, 3.8) is 0 Å². The molecule has 2 aromatic rings. The summed E-state index contributed by atoms with van der Waals surface area (Å²) in [6.07, 6.45) is 6.79. The van der Waals surface area contributed by atoms with E-state index in [0.29, 0.717) is 0 Å². The molecule has 0 radical (unpaired) electrons. The van der Waals surface area contributed by atoms with E-state index < -0.39 is 0 Å². The predicted octanol–water partition coefficient (Wildman–Crippen LogP) is 2.42. The number of hydrogen-bond acceptors (Lipinski definition) is 3. The smallest absolute Gasteiger partial charge is 0.138 e. The lowest BCUT2D eigenvalue weighted by atomic mass is 10.0. The fourth-order valence-electron chi connectivity index (χ4n) is 2.57. The molecule has 1 aliphatic rings. The summed E-state index contributed by atoms with van der Waals surface area (Å²) < 4.78 is 7.46. The van der Waals surface area contributed by atoms with Gasteiger partial charge in [-0.3, -0.25) is 0 Å². The maximum Gasteiger partial charge on any atom is 0.138 e. The van der Waals surface area contributed by atoms with E-state index in [9.17, 15) is 0 Å². The van der Waals surface area contributed by atoms with Crippen LogP contribution in [0.2, 0.25) is 0 Å². The SMILES string of the molecule is Cc1noc(C)c1Cn1cnc2c1CCCC2. The highest BCUT2D eigenvalue weighted by Crippen LogP contribution is 2.22. The van der Waals surface area contributed by atoms with Gasteiger partial charge in [0.1, 0.15) is 5.76 Å². The van der Waals surface area contributed by atoms with Crippen LogP contribution >= 0.6 is 0 Å². The molecule has 0 fully saturated rings. The van der Waals surface area contributed by atoms with Crippen LogP contribution in [0.3, 0.4) is 0 Å². The van der Waals surface area contributed by atoms with Crippen molar-refractivity contribution in [3.05, 3.63) is 34.7 Å². The van der Waals surface area contributed by atoms with Crippen LogP contribution in [-0.2, 0) is 19.4 Å². The van der Waals surface area contributed by atoms with Crippen molar-refractivity contribution >= 4 is 0 Å². The van der Waals surface area contributed by atoms with E-state index >= 15 is 0 Å². The highest BCUT2D eigenvalue weighted by molar-refractivity contribution is 5.24. The van der Waals surface area contributed by atoms with E-state index in [1.54, 1.807) is 0 Å². The molecule has 1 aliphatic carbocycles. The predicted molar refractivity (Wildman–Crippen MR) is 63.9 cm³/mol. The lowest BCUT2D eigenvalue weighted by Gasteiger charge is -2.13. The van der Waals surface area contributed by atoms with Gasteiger partial charge < -0.3 is 9.09 Å². The standard InChI is InChI=1S/C13H17N3O/c1-9-11(10(2)17-15-9)7-16-8-14-12-5-3-4-6-13(12)16/h8H,3-7H2,1-2H3. The molecule has 2 heterocycles. The van der Waals surface area contributed by atoms with Gasteiger partial charge in [-0.05, 0) is 39.5 Å². The van der Waals surface area contributed by atoms with E-state index in [4.69, 9.17) is 4.52 Å². The third kappa shape index (κ3) is 1.77. The minimum atomic E-state index is 0.837. The highest BCUT2D eigenvalue weighted by Gasteiger charge is 2.17. The van der Waals surface area contributed by atoms with Crippen molar-refractivity contribution in [2.45, 2.75) is 46.1 Å². The Morgan fingerprint density at radius 2 is 2.12 bits per heavy atom. The molecule has 17 heavy (non-hydrogen) atoms. The zero-order valence-corrected chi connectivity index (χ0v) is 10.4. The molecule has 0 saturated heterocycles. The Labute approximate surface area is 101 Å². The Kier molecular flexibility index (Phi) is 2.50. The number of fused-ring (bicyclic) bond motifs is 1. The number of rotatable bonds is 2. The van der Waals surface area contributed by atoms with Gasteiger partial charge in [0.25, 0.3) is 0 Å². The van der Waals surface area contributed by atoms with Crippen LogP contribution in [0.5, 0.6) is 0 Å². The van der Waals surface area contributed by atoms with Crippen LogP contribution < -0.4 is 0 Å². The van der Waals surface area contributed by atoms with E-state index in [1.165, 1.54) is 29.8 Å². The minimum absolute atomic E-state index is 0.837. The lowest BCUT2D eigenvalue weighted by molar-refractivity contribution is 0.392. The van der Waals surface area contributed by atoms with Crippen molar-refractivity contribution in [2.75, 3.05) is 0 Å². The summed E-state index contributed by atoms with van der Waals surface area (Å²) in [5, 5.41) is 4.00. The third-order valence-electron chi connectivity index (χ3n) is 3.62. The Balaban J connectivity index is 1.93. The molecular weight excluding hydrogens is 214 g/mol. The summed E-state index contributed by atoms with van der Waals surface area (Å²) in [5.74, 6) is 0.917. The second-order valence-electron chi connectivity index (χ2n) is 4.78. The molecule has 90 valence electrons. The maximum absolute atomic E-state index is 5.20. The number of imidazole rings is 1. The second kappa shape index (κ2) is 4.02. The molecule has 0 amide bonds. The van der Waals surface area contributed by atoms with Gasteiger partial charge >= 0.3 is 0 Å². The zero-order valence-electron chi connectivity index (χ0n) is 10.4. The Morgan fingerprint density at radius 1 is 1.29 bits per heavy atom. The average molecular weight is 231 g/mol. The molecule has 4 nitrogen and oxygen atoms in total. The third-order valence-corrected chi connectivity index (χ3v) is 3.62. The normalized spacial score (nSPS) is 14.9. The minimum Gasteiger partial charge on any atom is -0.361 e. The Hall–Kier alpha value is -1.58. The van der Waals surface area contributed by atoms with Crippen LogP contribution in [0.25, 0.3) is 0 Å². The molecule has 0 spiro atoms. The molecule has 0 N–H and O–H groups in total. The van der Waals surface area contributed by atoms with Crippen molar-refractivity contribution in [1.82, 2.24) is 14.7 Å². The first kappa shape index (κ1) is 10.6. The monoisotopic (exact) mass is 231 g/mol. The van der Waals surface area contributed by atoms with Crippen molar-refractivity contribution in [3.8, 4) is 0 Å². The van der Waals surface area contributed by atoms with Crippen LogP contribution in [0.15, 0.2) is 10.9 Å². The second-order valence-corrected chi connectivity index (χ2v) is 4.78. The summed E-state index contributed by atoms with van der Waals surface area (Å²) in [4.78, 5) is 4.51. The molecule has 0 aliphatic heterocycles. The van der Waals surface area contributed by atoms with Gasteiger partial charge in [-0.2, -0.15) is 0 Å². The van der Waals surface area contributed by atoms with Crippen LogP contribution in [0, 0.1) is 13.8 Å². The van der Waals surface area contributed by atoms with Crippen molar-refractivity contribution in [2.24, 2.45) is 0 Å². The van der Waals surface area contributed by atoms with Gasteiger partial charge in [0.15, 0.2) is 0 Å². The van der Waals surface area contributed by atoms with Crippen LogP contribution in [0.1, 0.15) is 41.2 Å². The van der Waals surface area contributed by atoms with E-state index in [2.05, 4.69) is 14.7 Å². The van der Waals surface area contributed by atoms with Gasteiger partial charge in [0.2, 0.25) is 0 Å². The van der Waals surface area contributed by atoms with Gasteiger partial charge in [-0.1, -0.05) is 5.16 Å². The maximum atomic E-state index is 5.20. The first-order valence-electron chi connectivity index (χ1n) is 6.20. The topological polar surface area (TPSA) is 43.9 Å². The van der Waals surface area contributed by atoms with E-state index in [1.807, 2.05) is 20.2 Å². The number of nitrogens with zero attached hydrogens (tertiary/aromatic N) is 3. The Morgan fingerprint density at radius 3 is 2.88 bits per heavy atom. The summed E-state index contributed by atoms with van der Waals surface area (Å²) in [7, 11) is 0. The molecule has 2 aromatic heterocycles. The molecule has 3 rings (SSSR count).